The summed E-state index contributed by atoms with van der Waals surface area (Å²) in [6, 6.07) is 3.75. The third kappa shape index (κ3) is 3.40. The number of aliphatic hydroxyl groups is 1. The molecule has 0 aromatic carbocycles. The van der Waals surface area contributed by atoms with Crippen LogP contribution in [0.1, 0.15) is 41.5 Å². The summed E-state index contributed by atoms with van der Waals surface area (Å²) in [7, 11) is 0. The first-order valence-corrected chi connectivity index (χ1v) is 9.03. The molecule has 2 aromatic rings. The molecule has 1 fully saturated rings. The molecule has 152 valence electrons. The normalized spacial score (nSPS) is 22.7. The highest BCUT2D eigenvalue weighted by molar-refractivity contribution is 5.97. The molecule has 29 heavy (non-hydrogen) atoms. The highest BCUT2D eigenvalue weighted by Crippen LogP contribution is 2.47. The minimum atomic E-state index is -4.78. The number of aromatic amines is 1. The van der Waals surface area contributed by atoms with E-state index >= 15 is 0 Å². The molecule has 0 unspecified atom stereocenters. The van der Waals surface area contributed by atoms with Gasteiger partial charge in [-0.05, 0) is 18.9 Å². The fourth-order valence-corrected chi connectivity index (χ4v) is 4.02. The Morgan fingerprint density at radius 1 is 1.28 bits per heavy atom. The number of carbonyl (C=O) groups excluding carboxylic acids is 1. The Labute approximate surface area is 163 Å². The van der Waals surface area contributed by atoms with E-state index in [0.717, 1.165) is 5.69 Å². The summed E-state index contributed by atoms with van der Waals surface area (Å²) in [5, 5.41) is 27.6. The van der Waals surface area contributed by atoms with Crippen molar-refractivity contribution < 1.29 is 23.1 Å². The first-order valence-electron chi connectivity index (χ1n) is 9.03. The standard InChI is InChI=1S/C18H17F3N6O2/c19-18(20,21)13-12-14(25-26-16(12)24-17(29)15(13)28)10-1-3-27(4-2-10)11-5-9(6-22)7-23-8-11/h5,7-8,10,13,15,28H,1-4H2,(H2,24,25,26,29)/t13-,15-/m1/s1. The molecule has 4 heterocycles. The molecule has 2 atom stereocenters. The van der Waals surface area contributed by atoms with E-state index in [0.29, 0.717) is 37.2 Å². The smallest absolute Gasteiger partial charge is 0.382 e. The number of anilines is 2. The van der Waals surface area contributed by atoms with Gasteiger partial charge in [0.2, 0.25) is 0 Å². The van der Waals surface area contributed by atoms with E-state index in [9.17, 15) is 23.1 Å². The van der Waals surface area contributed by atoms with Crippen LogP contribution in [-0.2, 0) is 4.79 Å². The van der Waals surface area contributed by atoms with Crippen LogP contribution in [0.4, 0.5) is 24.7 Å². The molecule has 0 bridgehead atoms. The fourth-order valence-electron chi connectivity index (χ4n) is 4.02. The number of alkyl halides is 3. The lowest BCUT2D eigenvalue weighted by atomic mass is 9.83. The van der Waals surface area contributed by atoms with Crippen LogP contribution in [0.5, 0.6) is 0 Å². The number of aliphatic hydroxyl groups excluding tert-OH is 1. The number of carbonyl (C=O) groups is 1. The van der Waals surface area contributed by atoms with E-state index in [-0.39, 0.29) is 17.3 Å². The monoisotopic (exact) mass is 406 g/mol. The van der Waals surface area contributed by atoms with Crippen molar-refractivity contribution in [3.63, 3.8) is 0 Å². The zero-order chi connectivity index (χ0) is 20.8. The summed E-state index contributed by atoms with van der Waals surface area (Å²) in [5.41, 5.74) is 1.33. The van der Waals surface area contributed by atoms with Crippen LogP contribution in [-0.4, -0.2) is 51.6 Å². The molecule has 4 rings (SSSR count). The molecule has 11 heteroatoms. The summed E-state index contributed by atoms with van der Waals surface area (Å²) in [5.74, 6) is -3.83. The number of halogens is 3. The van der Waals surface area contributed by atoms with Gasteiger partial charge < -0.3 is 15.3 Å². The van der Waals surface area contributed by atoms with Crippen molar-refractivity contribution in [1.82, 2.24) is 15.2 Å². The van der Waals surface area contributed by atoms with Crippen LogP contribution >= 0.6 is 0 Å². The van der Waals surface area contributed by atoms with Crippen LogP contribution in [0.2, 0.25) is 0 Å². The fraction of sp³-hybridized carbons (Fsp3) is 0.444. The van der Waals surface area contributed by atoms with Crippen molar-refractivity contribution in [3.8, 4) is 6.07 Å². The van der Waals surface area contributed by atoms with E-state index in [1.165, 1.54) is 6.20 Å². The maximum Gasteiger partial charge on any atom is 0.398 e. The molecule has 0 saturated carbocycles. The topological polar surface area (TPSA) is 118 Å². The Morgan fingerprint density at radius 2 is 2.00 bits per heavy atom. The van der Waals surface area contributed by atoms with E-state index in [2.05, 4.69) is 20.5 Å². The molecular weight excluding hydrogens is 389 g/mol. The number of fused-ring (bicyclic) bond motifs is 1. The molecule has 2 aliphatic rings. The van der Waals surface area contributed by atoms with E-state index < -0.39 is 24.1 Å². The second-order valence-electron chi connectivity index (χ2n) is 7.16. The van der Waals surface area contributed by atoms with Gasteiger partial charge in [-0.3, -0.25) is 14.9 Å². The van der Waals surface area contributed by atoms with Crippen molar-refractivity contribution in [2.75, 3.05) is 23.3 Å². The number of nitrogens with zero attached hydrogens (tertiary/aromatic N) is 4. The van der Waals surface area contributed by atoms with Gasteiger partial charge in [0.05, 0.1) is 17.4 Å². The van der Waals surface area contributed by atoms with Crippen molar-refractivity contribution in [1.29, 1.82) is 5.26 Å². The number of nitrogens with one attached hydrogen (secondary N) is 2. The third-order valence-corrected chi connectivity index (χ3v) is 5.44. The largest absolute Gasteiger partial charge is 0.398 e. The lowest BCUT2D eigenvalue weighted by Crippen LogP contribution is -2.44. The number of pyridine rings is 1. The number of hydrogen-bond acceptors (Lipinski definition) is 6. The Balaban J connectivity index is 1.57. The van der Waals surface area contributed by atoms with Crippen molar-refractivity contribution in [3.05, 3.63) is 35.3 Å². The molecule has 0 radical (unpaired) electrons. The van der Waals surface area contributed by atoms with Crippen LogP contribution in [0.3, 0.4) is 0 Å². The second kappa shape index (κ2) is 7.04. The van der Waals surface area contributed by atoms with Crippen molar-refractivity contribution in [2.45, 2.75) is 37.0 Å². The number of amides is 1. The zero-order valence-electron chi connectivity index (χ0n) is 15.1. The van der Waals surface area contributed by atoms with Crippen molar-refractivity contribution in [2.24, 2.45) is 0 Å². The first kappa shape index (κ1) is 19.2. The Kier molecular flexibility index (Phi) is 4.66. The zero-order valence-corrected chi connectivity index (χ0v) is 15.1. The van der Waals surface area contributed by atoms with Gasteiger partial charge in [0, 0.05) is 36.5 Å². The predicted octanol–water partition coefficient (Wildman–Crippen LogP) is 2.02. The number of nitriles is 1. The lowest BCUT2D eigenvalue weighted by molar-refractivity contribution is -0.177. The minimum Gasteiger partial charge on any atom is -0.382 e. The highest BCUT2D eigenvalue weighted by atomic mass is 19.4. The molecule has 1 amide bonds. The maximum atomic E-state index is 13.6. The molecular formula is C18H17F3N6O2. The van der Waals surface area contributed by atoms with Gasteiger partial charge in [-0.2, -0.15) is 23.5 Å². The summed E-state index contributed by atoms with van der Waals surface area (Å²) >= 11 is 0. The van der Waals surface area contributed by atoms with Gasteiger partial charge in [0.1, 0.15) is 18.1 Å². The predicted molar refractivity (Wildman–Crippen MR) is 95.2 cm³/mol. The van der Waals surface area contributed by atoms with Gasteiger partial charge in [0.25, 0.3) is 5.91 Å². The van der Waals surface area contributed by atoms with Gasteiger partial charge in [-0.15, -0.1) is 0 Å². The van der Waals surface area contributed by atoms with Gasteiger partial charge >= 0.3 is 6.18 Å². The average molecular weight is 406 g/mol. The molecule has 2 aromatic heterocycles. The van der Waals surface area contributed by atoms with Crippen LogP contribution in [0.25, 0.3) is 0 Å². The van der Waals surface area contributed by atoms with E-state index in [1.54, 1.807) is 12.3 Å². The summed E-state index contributed by atoms with van der Waals surface area (Å²) in [6.07, 6.45) is -2.80. The van der Waals surface area contributed by atoms with Crippen molar-refractivity contribution >= 4 is 17.4 Å². The van der Waals surface area contributed by atoms with Crippen LogP contribution < -0.4 is 10.2 Å². The van der Waals surface area contributed by atoms with E-state index in [1.807, 2.05) is 11.0 Å². The minimum absolute atomic E-state index is 0.175. The summed E-state index contributed by atoms with van der Waals surface area (Å²) < 4.78 is 40.8. The second-order valence-corrected chi connectivity index (χ2v) is 7.16. The number of aromatic nitrogens is 3. The average Bonchev–Trinajstić information content (AvgIpc) is 3.10. The molecule has 3 N–H and O–H groups in total. The number of H-pyrrole nitrogens is 1. The quantitative estimate of drug-likeness (QED) is 0.702. The summed E-state index contributed by atoms with van der Waals surface area (Å²) in [6.45, 7) is 1.11. The Hall–Kier alpha value is -3.13. The van der Waals surface area contributed by atoms with Crippen LogP contribution in [0, 0.1) is 11.3 Å². The molecule has 2 aliphatic heterocycles. The molecule has 1 saturated heterocycles. The molecule has 0 spiro atoms. The van der Waals surface area contributed by atoms with Crippen LogP contribution in [0.15, 0.2) is 18.5 Å². The van der Waals surface area contributed by atoms with Gasteiger partial charge in [-0.1, -0.05) is 0 Å². The van der Waals surface area contributed by atoms with E-state index in [4.69, 9.17) is 5.26 Å². The van der Waals surface area contributed by atoms with Gasteiger partial charge in [-0.25, -0.2) is 0 Å². The molecule has 0 aliphatic carbocycles. The first-order chi connectivity index (χ1) is 13.8. The summed E-state index contributed by atoms with van der Waals surface area (Å²) in [4.78, 5) is 17.8. The lowest BCUT2D eigenvalue weighted by Gasteiger charge is -2.35. The number of rotatable bonds is 2. The SMILES string of the molecule is N#Cc1cncc(N2CCC(c3[nH]nc4c3[C@@H](C(F)(F)F)[C@@H](O)C(=O)N4)CC2)c1. The molecule has 8 nitrogen and oxygen atoms in total. The van der Waals surface area contributed by atoms with Gasteiger partial charge in [0.15, 0.2) is 5.82 Å². The number of hydrogen-bond donors (Lipinski definition) is 3. The maximum absolute atomic E-state index is 13.6. The Morgan fingerprint density at radius 3 is 2.66 bits per heavy atom. The third-order valence-electron chi connectivity index (χ3n) is 5.44. The number of piperidine rings is 1. The highest BCUT2D eigenvalue weighted by Gasteiger charge is 2.53. The Bertz CT molecular complexity index is 975.